The highest BCUT2D eigenvalue weighted by molar-refractivity contribution is 6.31. The normalized spacial score (nSPS) is 11.9. The highest BCUT2D eigenvalue weighted by Crippen LogP contribution is 2.18. The summed E-state index contributed by atoms with van der Waals surface area (Å²) in [5.41, 5.74) is 1.98. The number of nitrogens with one attached hydrogen (secondary N) is 1. The van der Waals surface area contributed by atoms with Gasteiger partial charge in [0.05, 0.1) is 12.5 Å². The molecule has 0 spiro atoms. The molecule has 0 unspecified atom stereocenters. The summed E-state index contributed by atoms with van der Waals surface area (Å²) in [6.45, 7) is 2.06. The molecule has 0 aromatic heterocycles. The van der Waals surface area contributed by atoms with E-state index in [-0.39, 0.29) is 11.9 Å². The van der Waals surface area contributed by atoms with Gasteiger partial charge < -0.3 is 5.32 Å². The van der Waals surface area contributed by atoms with Gasteiger partial charge in [-0.3, -0.25) is 4.79 Å². The molecule has 2 rings (SSSR count). The maximum absolute atomic E-state index is 12.1. The van der Waals surface area contributed by atoms with Crippen LogP contribution in [0.2, 0.25) is 5.02 Å². The molecule has 1 atom stereocenters. The third kappa shape index (κ3) is 3.84. The molecule has 0 radical (unpaired) electrons. The van der Waals surface area contributed by atoms with E-state index in [1.165, 1.54) is 0 Å². The highest BCUT2D eigenvalue weighted by atomic mass is 35.5. The minimum atomic E-state index is -0.00574. The first kappa shape index (κ1) is 14.6. The van der Waals surface area contributed by atoms with E-state index >= 15 is 0 Å². The van der Waals surface area contributed by atoms with E-state index in [9.17, 15) is 4.79 Å². The predicted octanol–water partition coefficient (Wildman–Crippen LogP) is 4.15. The molecule has 0 saturated heterocycles. The van der Waals surface area contributed by atoms with Gasteiger partial charge in [0, 0.05) is 5.02 Å². The van der Waals surface area contributed by atoms with E-state index in [1.54, 1.807) is 6.07 Å². The van der Waals surface area contributed by atoms with Crippen molar-refractivity contribution in [2.45, 2.75) is 25.8 Å². The number of halogens is 1. The number of carbonyl (C=O) groups excluding carboxylic acids is 1. The summed E-state index contributed by atoms with van der Waals surface area (Å²) in [5, 5.41) is 3.70. The largest absolute Gasteiger partial charge is 0.349 e. The monoisotopic (exact) mass is 287 g/mol. The van der Waals surface area contributed by atoms with Crippen LogP contribution in [-0.2, 0) is 11.2 Å². The van der Waals surface area contributed by atoms with Crippen LogP contribution in [0.15, 0.2) is 54.6 Å². The fraction of sp³-hybridized carbons (Fsp3) is 0.235. The van der Waals surface area contributed by atoms with Gasteiger partial charge in [-0.25, -0.2) is 0 Å². The van der Waals surface area contributed by atoms with Crippen molar-refractivity contribution in [2.24, 2.45) is 0 Å². The maximum Gasteiger partial charge on any atom is 0.224 e. The zero-order chi connectivity index (χ0) is 14.4. The summed E-state index contributed by atoms with van der Waals surface area (Å²) < 4.78 is 0. The Morgan fingerprint density at radius 3 is 2.40 bits per heavy atom. The molecule has 1 N–H and O–H groups in total. The number of carbonyl (C=O) groups is 1. The number of hydrogen-bond acceptors (Lipinski definition) is 1. The smallest absolute Gasteiger partial charge is 0.224 e. The molecule has 3 heteroatoms. The molecule has 2 aromatic carbocycles. The van der Waals surface area contributed by atoms with Gasteiger partial charge in [0.1, 0.15) is 0 Å². The Kier molecular flexibility index (Phi) is 5.19. The van der Waals surface area contributed by atoms with Crippen molar-refractivity contribution < 1.29 is 4.79 Å². The first-order chi connectivity index (χ1) is 9.70. The Bertz CT molecular complexity index is 568. The topological polar surface area (TPSA) is 29.1 Å². The third-order valence-corrected chi connectivity index (χ3v) is 3.62. The minimum Gasteiger partial charge on any atom is -0.349 e. The third-order valence-electron chi connectivity index (χ3n) is 3.25. The van der Waals surface area contributed by atoms with Crippen LogP contribution in [0.4, 0.5) is 0 Å². The minimum absolute atomic E-state index is 0.00574. The van der Waals surface area contributed by atoms with Crippen LogP contribution in [0, 0.1) is 0 Å². The molecule has 0 aliphatic heterocycles. The molecule has 2 aromatic rings. The molecule has 0 aliphatic carbocycles. The summed E-state index contributed by atoms with van der Waals surface area (Å²) in [7, 11) is 0. The zero-order valence-electron chi connectivity index (χ0n) is 11.5. The van der Waals surface area contributed by atoms with Gasteiger partial charge in [-0.1, -0.05) is 67.1 Å². The predicted molar refractivity (Wildman–Crippen MR) is 82.8 cm³/mol. The lowest BCUT2D eigenvalue weighted by Gasteiger charge is -2.17. The van der Waals surface area contributed by atoms with Crippen LogP contribution in [0.3, 0.4) is 0 Å². The first-order valence-electron chi connectivity index (χ1n) is 6.78. The molecule has 0 saturated carbocycles. The van der Waals surface area contributed by atoms with Crippen LogP contribution in [0.1, 0.15) is 30.5 Å². The summed E-state index contributed by atoms with van der Waals surface area (Å²) in [5.74, 6) is -0.00574. The van der Waals surface area contributed by atoms with Crippen molar-refractivity contribution in [3.8, 4) is 0 Å². The van der Waals surface area contributed by atoms with Crippen LogP contribution in [-0.4, -0.2) is 5.91 Å². The fourth-order valence-corrected chi connectivity index (χ4v) is 2.37. The lowest BCUT2D eigenvalue weighted by atomic mass is 10.0. The van der Waals surface area contributed by atoms with E-state index in [1.807, 2.05) is 48.5 Å². The number of amides is 1. The van der Waals surface area contributed by atoms with Crippen molar-refractivity contribution in [3.05, 3.63) is 70.7 Å². The van der Waals surface area contributed by atoms with Gasteiger partial charge in [0.25, 0.3) is 0 Å². The summed E-state index contributed by atoms with van der Waals surface area (Å²) >= 11 is 6.08. The SMILES string of the molecule is CC[C@H](NC(=O)Cc1ccccc1Cl)c1ccccc1. The second-order valence-corrected chi connectivity index (χ2v) is 5.11. The highest BCUT2D eigenvalue weighted by Gasteiger charge is 2.13. The molecule has 0 fully saturated rings. The standard InChI is InChI=1S/C17H18ClNO/c1-2-16(13-8-4-3-5-9-13)19-17(20)12-14-10-6-7-11-15(14)18/h3-11,16H,2,12H2,1H3,(H,19,20)/t16-/m0/s1. The van der Waals surface area contributed by atoms with E-state index in [0.717, 1.165) is 17.5 Å². The van der Waals surface area contributed by atoms with Crippen LogP contribution in [0.5, 0.6) is 0 Å². The van der Waals surface area contributed by atoms with E-state index in [0.29, 0.717) is 11.4 Å². The Hall–Kier alpha value is -1.80. The van der Waals surface area contributed by atoms with Crippen molar-refractivity contribution in [2.75, 3.05) is 0 Å². The van der Waals surface area contributed by atoms with Crippen LogP contribution >= 0.6 is 11.6 Å². The molecular formula is C17H18ClNO. The van der Waals surface area contributed by atoms with Crippen LogP contribution < -0.4 is 5.32 Å². The second-order valence-electron chi connectivity index (χ2n) is 4.71. The van der Waals surface area contributed by atoms with E-state index in [4.69, 9.17) is 11.6 Å². The molecule has 1 amide bonds. The summed E-state index contributed by atoms with van der Waals surface area (Å²) in [6.07, 6.45) is 1.17. The summed E-state index contributed by atoms with van der Waals surface area (Å²) in [6, 6.07) is 17.5. The molecule has 20 heavy (non-hydrogen) atoms. The molecule has 104 valence electrons. The Labute approximate surface area is 124 Å². The molecule has 0 heterocycles. The zero-order valence-corrected chi connectivity index (χ0v) is 12.2. The molecule has 0 bridgehead atoms. The average Bonchev–Trinajstić information content (AvgIpc) is 2.48. The maximum atomic E-state index is 12.1. The molecular weight excluding hydrogens is 270 g/mol. The van der Waals surface area contributed by atoms with Crippen molar-refractivity contribution in [1.29, 1.82) is 0 Å². The fourth-order valence-electron chi connectivity index (χ4n) is 2.17. The lowest BCUT2D eigenvalue weighted by Crippen LogP contribution is -2.29. The van der Waals surface area contributed by atoms with Gasteiger partial charge >= 0.3 is 0 Å². The van der Waals surface area contributed by atoms with E-state index < -0.39 is 0 Å². The van der Waals surface area contributed by atoms with E-state index in [2.05, 4.69) is 12.2 Å². The number of benzene rings is 2. The van der Waals surface area contributed by atoms with Gasteiger partial charge in [-0.15, -0.1) is 0 Å². The summed E-state index contributed by atoms with van der Waals surface area (Å²) in [4.78, 5) is 12.1. The van der Waals surface area contributed by atoms with Gasteiger partial charge in [0.15, 0.2) is 0 Å². The Balaban J connectivity index is 2.02. The second kappa shape index (κ2) is 7.11. The number of hydrogen-bond donors (Lipinski definition) is 1. The molecule has 0 aliphatic rings. The van der Waals surface area contributed by atoms with Crippen LogP contribution in [0.25, 0.3) is 0 Å². The van der Waals surface area contributed by atoms with Crippen molar-refractivity contribution in [3.63, 3.8) is 0 Å². The first-order valence-corrected chi connectivity index (χ1v) is 7.16. The average molecular weight is 288 g/mol. The lowest BCUT2D eigenvalue weighted by molar-refractivity contribution is -0.121. The Morgan fingerprint density at radius 2 is 1.75 bits per heavy atom. The van der Waals surface area contributed by atoms with Gasteiger partial charge in [0.2, 0.25) is 5.91 Å². The Morgan fingerprint density at radius 1 is 1.10 bits per heavy atom. The van der Waals surface area contributed by atoms with Crippen molar-refractivity contribution >= 4 is 17.5 Å². The van der Waals surface area contributed by atoms with Crippen molar-refractivity contribution in [1.82, 2.24) is 5.32 Å². The molecule has 2 nitrogen and oxygen atoms in total. The quantitative estimate of drug-likeness (QED) is 0.879. The number of rotatable bonds is 5. The van der Waals surface area contributed by atoms with Gasteiger partial charge in [-0.05, 0) is 23.6 Å². The van der Waals surface area contributed by atoms with Gasteiger partial charge in [-0.2, -0.15) is 0 Å².